The minimum atomic E-state index is -0.703. The molecule has 1 heterocycles. The third kappa shape index (κ3) is 2.14. The van der Waals surface area contributed by atoms with E-state index in [-0.39, 0.29) is 16.3 Å². The molecule has 7 heteroatoms. The van der Waals surface area contributed by atoms with Crippen molar-refractivity contribution in [2.45, 2.75) is 0 Å². The number of aromatic nitrogens is 2. The van der Waals surface area contributed by atoms with Gasteiger partial charge in [-0.15, -0.1) is 5.10 Å². The fourth-order valence-corrected chi connectivity index (χ4v) is 1.47. The Morgan fingerprint density at radius 3 is 2.94 bits per heavy atom. The zero-order valence-corrected chi connectivity index (χ0v) is 8.66. The van der Waals surface area contributed by atoms with E-state index in [0.717, 1.165) is 17.6 Å². The van der Waals surface area contributed by atoms with E-state index in [1.807, 2.05) is 0 Å². The molecule has 16 heavy (non-hydrogen) atoms. The Bertz CT molecular complexity index is 515. The van der Waals surface area contributed by atoms with Gasteiger partial charge in [0.1, 0.15) is 16.4 Å². The third-order valence-corrected chi connectivity index (χ3v) is 2.45. The Labute approximate surface area is 93.7 Å². The lowest BCUT2D eigenvalue weighted by molar-refractivity contribution is 0.103. The zero-order chi connectivity index (χ0) is 11.5. The van der Waals surface area contributed by atoms with E-state index in [1.165, 1.54) is 18.3 Å². The van der Waals surface area contributed by atoms with Crippen molar-refractivity contribution >= 4 is 23.1 Å². The second-order valence-electron chi connectivity index (χ2n) is 2.90. The maximum absolute atomic E-state index is 13.2. The van der Waals surface area contributed by atoms with Gasteiger partial charge in [0.2, 0.25) is 0 Å². The van der Waals surface area contributed by atoms with Gasteiger partial charge in [0, 0.05) is 6.07 Å². The monoisotopic (exact) mass is 239 g/mol. The molecule has 0 saturated heterocycles. The van der Waals surface area contributed by atoms with Crippen LogP contribution in [0.15, 0.2) is 24.4 Å². The summed E-state index contributed by atoms with van der Waals surface area (Å²) in [6, 6.07) is 3.47. The number of anilines is 1. The van der Waals surface area contributed by atoms with Crippen molar-refractivity contribution in [3.05, 3.63) is 35.1 Å². The molecule has 1 aromatic carbocycles. The largest absolute Gasteiger partial charge is 0.508 e. The van der Waals surface area contributed by atoms with Crippen LogP contribution in [0.2, 0.25) is 0 Å². The first-order valence-corrected chi connectivity index (χ1v) is 5.01. The Kier molecular flexibility index (Phi) is 2.78. The Hall–Kier alpha value is -2.02. The standard InChI is InChI=1S/C9H6FN3O2S/c10-6-3-5(14)1-2-7(6)12-9(15)8-4-11-13-16-8/h1-4,14H,(H,12,15). The molecule has 2 rings (SSSR count). The average molecular weight is 239 g/mol. The molecular weight excluding hydrogens is 233 g/mol. The lowest BCUT2D eigenvalue weighted by atomic mass is 10.3. The summed E-state index contributed by atoms with van der Waals surface area (Å²) >= 11 is 0.914. The van der Waals surface area contributed by atoms with Crippen molar-refractivity contribution in [1.29, 1.82) is 0 Å². The van der Waals surface area contributed by atoms with Crippen LogP contribution in [0.25, 0.3) is 0 Å². The summed E-state index contributed by atoms with van der Waals surface area (Å²) in [6.45, 7) is 0. The topological polar surface area (TPSA) is 75.1 Å². The fourth-order valence-electron chi connectivity index (χ4n) is 1.06. The van der Waals surface area contributed by atoms with Crippen molar-refractivity contribution < 1.29 is 14.3 Å². The normalized spacial score (nSPS) is 10.1. The van der Waals surface area contributed by atoms with Crippen LogP contribution in [0.5, 0.6) is 5.75 Å². The molecule has 5 nitrogen and oxygen atoms in total. The van der Waals surface area contributed by atoms with Gasteiger partial charge >= 0.3 is 0 Å². The lowest BCUT2D eigenvalue weighted by Gasteiger charge is -2.04. The molecule has 0 aliphatic rings. The molecule has 0 aliphatic heterocycles. The van der Waals surface area contributed by atoms with Gasteiger partial charge in [-0.3, -0.25) is 4.79 Å². The van der Waals surface area contributed by atoms with E-state index in [9.17, 15) is 9.18 Å². The number of carbonyl (C=O) groups is 1. The maximum Gasteiger partial charge on any atom is 0.269 e. The van der Waals surface area contributed by atoms with Crippen molar-refractivity contribution in [1.82, 2.24) is 9.59 Å². The van der Waals surface area contributed by atoms with Crippen molar-refractivity contribution in [3.8, 4) is 5.75 Å². The first kappa shape index (κ1) is 10.5. The van der Waals surface area contributed by atoms with Gasteiger partial charge in [-0.05, 0) is 23.7 Å². The van der Waals surface area contributed by atoms with Crippen LogP contribution in [-0.4, -0.2) is 20.6 Å². The maximum atomic E-state index is 13.2. The Morgan fingerprint density at radius 2 is 2.31 bits per heavy atom. The highest BCUT2D eigenvalue weighted by Crippen LogP contribution is 2.20. The first-order valence-electron chi connectivity index (χ1n) is 4.24. The fraction of sp³-hybridized carbons (Fsp3) is 0. The number of rotatable bonds is 2. The van der Waals surface area contributed by atoms with Crippen LogP contribution in [0.1, 0.15) is 9.67 Å². The molecule has 0 aliphatic carbocycles. The molecule has 0 saturated carbocycles. The molecule has 82 valence electrons. The number of phenolic OH excluding ortho intramolecular Hbond substituents is 1. The summed E-state index contributed by atoms with van der Waals surface area (Å²) in [7, 11) is 0. The van der Waals surface area contributed by atoms with Crippen molar-refractivity contribution in [3.63, 3.8) is 0 Å². The van der Waals surface area contributed by atoms with Crippen LogP contribution in [0.3, 0.4) is 0 Å². The van der Waals surface area contributed by atoms with Gasteiger partial charge in [-0.1, -0.05) is 4.49 Å². The quantitative estimate of drug-likeness (QED) is 0.781. The minimum Gasteiger partial charge on any atom is -0.508 e. The van der Waals surface area contributed by atoms with Gasteiger partial charge in [0.15, 0.2) is 0 Å². The predicted octanol–water partition coefficient (Wildman–Crippen LogP) is 1.64. The number of nitrogens with zero attached hydrogens (tertiary/aromatic N) is 2. The van der Waals surface area contributed by atoms with E-state index in [0.29, 0.717) is 0 Å². The van der Waals surface area contributed by atoms with Crippen LogP contribution < -0.4 is 5.32 Å². The zero-order valence-electron chi connectivity index (χ0n) is 7.85. The highest BCUT2D eigenvalue weighted by atomic mass is 32.1. The van der Waals surface area contributed by atoms with Crippen LogP contribution in [-0.2, 0) is 0 Å². The van der Waals surface area contributed by atoms with Gasteiger partial charge in [-0.2, -0.15) is 0 Å². The van der Waals surface area contributed by atoms with Gasteiger partial charge < -0.3 is 10.4 Å². The number of hydrogen-bond donors (Lipinski definition) is 2. The molecule has 0 radical (unpaired) electrons. The third-order valence-electron chi connectivity index (χ3n) is 1.79. The molecule has 1 aromatic heterocycles. The number of aromatic hydroxyl groups is 1. The number of amides is 1. The van der Waals surface area contributed by atoms with E-state index in [1.54, 1.807) is 0 Å². The van der Waals surface area contributed by atoms with Gasteiger partial charge in [0.05, 0.1) is 11.9 Å². The molecule has 2 N–H and O–H groups in total. The lowest BCUT2D eigenvalue weighted by Crippen LogP contribution is -2.11. The smallest absolute Gasteiger partial charge is 0.269 e. The minimum absolute atomic E-state index is 0.00352. The highest BCUT2D eigenvalue weighted by Gasteiger charge is 2.11. The number of halogens is 1. The molecule has 0 spiro atoms. The molecule has 0 bridgehead atoms. The molecule has 0 unspecified atom stereocenters. The second kappa shape index (κ2) is 4.23. The van der Waals surface area contributed by atoms with Crippen LogP contribution in [0, 0.1) is 5.82 Å². The first-order chi connectivity index (χ1) is 7.66. The van der Waals surface area contributed by atoms with E-state index in [4.69, 9.17) is 5.11 Å². The Morgan fingerprint density at radius 1 is 1.50 bits per heavy atom. The van der Waals surface area contributed by atoms with Crippen molar-refractivity contribution in [2.75, 3.05) is 5.32 Å². The summed E-state index contributed by atoms with van der Waals surface area (Å²) in [5, 5.41) is 14.8. The van der Waals surface area contributed by atoms with Crippen LogP contribution in [0.4, 0.5) is 10.1 Å². The molecule has 0 fully saturated rings. The molecular formula is C9H6FN3O2S. The van der Waals surface area contributed by atoms with Gasteiger partial charge in [0.25, 0.3) is 5.91 Å². The Balaban J connectivity index is 2.18. The molecule has 2 aromatic rings. The number of hydrogen-bond acceptors (Lipinski definition) is 5. The second-order valence-corrected chi connectivity index (χ2v) is 3.69. The highest BCUT2D eigenvalue weighted by molar-refractivity contribution is 7.07. The van der Waals surface area contributed by atoms with Gasteiger partial charge in [-0.25, -0.2) is 4.39 Å². The molecule has 0 atom stereocenters. The number of nitrogens with one attached hydrogen (secondary N) is 1. The number of carbonyl (C=O) groups excluding carboxylic acids is 1. The van der Waals surface area contributed by atoms with E-state index in [2.05, 4.69) is 14.9 Å². The summed E-state index contributed by atoms with van der Waals surface area (Å²) in [6.07, 6.45) is 1.29. The molecule has 1 amide bonds. The summed E-state index contributed by atoms with van der Waals surface area (Å²) < 4.78 is 16.8. The SMILES string of the molecule is O=C(Nc1ccc(O)cc1F)c1cnns1. The summed E-state index contributed by atoms with van der Waals surface area (Å²) in [5.74, 6) is -1.39. The van der Waals surface area contributed by atoms with E-state index >= 15 is 0 Å². The van der Waals surface area contributed by atoms with Crippen LogP contribution >= 0.6 is 11.5 Å². The van der Waals surface area contributed by atoms with E-state index < -0.39 is 11.7 Å². The predicted molar refractivity (Wildman–Crippen MR) is 55.9 cm³/mol. The average Bonchev–Trinajstić information content (AvgIpc) is 2.75. The number of benzene rings is 1. The summed E-state index contributed by atoms with van der Waals surface area (Å²) in [5.41, 5.74) is -0.00352. The number of phenols is 1. The summed E-state index contributed by atoms with van der Waals surface area (Å²) in [4.78, 5) is 11.8. The van der Waals surface area contributed by atoms with Crippen molar-refractivity contribution in [2.24, 2.45) is 0 Å².